The first-order valence-corrected chi connectivity index (χ1v) is 5.70. The van der Waals surface area contributed by atoms with E-state index < -0.39 is 0 Å². The summed E-state index contributed by atoms with van der Waals surface area (Å²) in [6.45, 7) is 6.40. The molecule has 3 nitrogen and oxygen atoms in total. The third kappa shape index (κ3) is 1.82. The third-order valence-corrected chi connectivity index (χ3v) is 3.05. The first-order chi connectivity index (χ1) is 7.82. The number of hydrogen-bond acceptors (Lipinski definition) is 2. The monoisotopic (exact) mass is 230 g/mol. The maximum absolute atomic E-state index is 12.1. The Hall–Kier alpha value is -1.77. The van der Waals surface area contributed by atoms with Gasteiger partial charge in [0.15, 0.2) is 0 Å². The van der Waals surface area contributed by atoms with Crippen molar-refractivity contribution in [1.29, 1.82) is 0 Å². The van der Waals surface area contributed by atoms with Gasteiger partial charge in [-0.3, -0.25) is 4.79 Å². The third-order valence-electron chi connectivity index (χ3n) is 3.05. The van der Waals surface area contributed by atoms with Crippen molar-refractivity contribution in [3.8, 4) is 0 Å². The highest BCUT2D eigenvalue weighted by molar-refractivity contribution is 5.94. The molecule has 3 heteroatoms. The Morgan fingerprint density at radius 2 is 1.88 bits per heavy atom. The van der Waals surface area contributed by atoms with Crippen molar-refractivity contribution in [3.63, 3.8) is 0 Å². The predicted octanol–water partition coefficient (Wildman–Crippen LogP) is 2.42. The molecule has 0 fully saturated rings. The lowest BCUT2D eigenvalue weighted by Gasteiger charge is -2.22. The zero-order chi connectivity index (χ0) is 12.8. The molecule has 0 radical (unpaired) electrons. The molecule has 0 unspecified atom stereocenters. The van der Waals surface area contributed by atoms with Crippen LogP contribution in [0.25, 0.3) is 10.8 Å². The average molecular weight is 230 g/mol. The van der Waals surface area contributed by atoms with E-state index >= 15 is 0 Å². The van der Waals surface area contributed by atoms with Crippen LogP contribution in [-0.4, -0.2) is 4.57 Å². The molecule has 2 N–H and O–H groups in total. The molecule has 0 amide bonds. The van der Waals surface area contributed by atoms with Gasteiger partial charge in [0.05, 0.1) is 5.39 Å². The minimum atomic E-state index is -0.0360. The number of fused-ring (bicyclic) bond motifs is 1. The molecule has 0 spiro atoms. The quantitative estimate of drug-likeness (QED) is 0.706. The fraction of sp³-hybridized carbons (Fsp3) is 0.357. The first-order valence-electron chi connectivity index (χ1n) is 5.70. The zero-order valence-electron chi connectivity index (χ0n) is 10.7. The van der Waals surface area contributed by atoms with Crippen molar-refractivity contribution in [1.82, 2.24) is 4.57 Å². The number of benzene rings is 1. The molecule has 0 aliphatic rings. The summed E-state index contributed by atoms with van der Waals surface area (Å²) in [6.07, 6.45) is 1.91. The summed E-state index contributed by atoms with van der Waals surface area (Å²) < 4.78 is 1.61. The van der Waals surface area contributed by atoms with Crippen LogP contribution < -0.4 is 11.3 Å². The predicted molar refractivity (Wildman–Crippen MR) is 72.3 cm³/mol. The number of rotatable bonds is 0. The van der Waals surface area contributed by atoms with Gasteiger partial charge in [0, 0.05) is 18.9 Å². The summed E-state index contributed by atoms with van der Waals surface area (Å²) in [5, 5.41) is 1.59. The number of anilines is 1. The van der Waals surface area contributed by atoms with Gasteiger partial charge < -0.3 is 10.3 Å². The van der Waals surface area contributed by atoms with Gasteiger partial charge in [-0.2, -0.15) is 0 Å². The van der Waals surface area contributed by atoms with Crippen molar-refractivity contribution in [2.45, 2.75) is 26.2 Å². The molecule has 17 heavy (non-hydrogen) atoms. The molecule has 0 saturated carbocycles. The van der Waals surface area contributed by atoms with Crippen LogP contribution in [0.3, 0.4) is 0 Å². The second-order valence-electron chi connectivity index (χ2n) is 5.48. The molecule has 1 heterocycles. The number of nitrogens with two attached hydrogens (primary N) is 1. The summed E-state index contributed by atoms with van der Waals surface area (Å²) >= 11 is 0. The Morgan fingerprint density at radius 3 is 2.47 bits per heavy atom. The molecule has 0 bridgehead atoms. The van der Waals surface area contributed by atoms with Gasteiger partial charge >= 0.3 is 0 Å². The summed E-state index contributed by atoms with van der Waals surface area (Å²) in [7, 11) is 1.77. The van der Waals surface area contributed by atoms with Crippen LogP contribution in [0.5, 0.6) is 0 Å². The van der Waals surface area contributed by atoms with Gasteiger partial charge in [0.25, 0.3) is 5.56 Å². The maximum Gasteiger partial charge on any atom is 0.260 e. The van der Waals surface area contributed by atoms with E-state index in [1.165, 1.54) is 0 Å². The highest BCUT2D eigenvalue weighted by Gasteiger charge is 2.19. The van der Waals surface area contributed by atoms with Crippen LogP contribution in [0.2, 0.25) is 0 Å². The van der Waals surface area contributed by atoms with Crippen LogP contribution >= 0.6 is 0 Å². The summed E-state index contributed by atoms with van der Waals surface area (Å²) in [5.74, 6) is 0. The van der Waals surface area contributed by atoms with Crippen LogP contribution in [0, 0.1) is 0 Å². The highest BCUT2D eigenvalue weighted by atomic mass is 16.1. The van der Waals surface area contributed by atoms with E-state index in [2.05, 4.69) is 20.8 Å². The lowest BCUT2D eigenvalue weighted by atomic mass is 9.85. The SMILES string of the molecule is Cn1cc(C(C)(C)C)c2cccc(N)c2c1=O. The summed E-state index contributed by atoms with van der Waals surface area (Å²) in [4.78, 5) is 12.1. The highest BCUT2D eigenvalue weighted by Crippen LogP contribution is 2.30. The lowest BCUT2D eigenvalue weighted by Crippen LogP contribution is -2.22. The Morgan fingerprint density at radius 1 is 1.24 bits per heavy atom. The molecule has 0 aliphatic heterocycles. The molecular formula is C14H18N2O. The van der Waals surface area contributed by atoms with E-state index in [4.69, 9.17) is 5.73 Å². The Kier molecular flexibility index (Phi) is 2.49. The molecule has 0 saturated heterocycles. The van der Waals surface area contributed by atoms with Crippen LogP contribution in [-0.2, 0) is 12.5 Å². The van der Waals surface area contributed by atoms with E-state index in [9.17, 15) is 4.79 Å². The largest absolute Gasteiger partial charge is 0.398 e. The minimum Gasteiger partial charge on any atom is -0.398 e. The number of aromatic nitrogens is 1. The second kappa shape index (κ2) is 3.62. The van der Waals surface area contributed by atoms with Crippen LogP contribution in [0.15, 0.2) is 29.2 Å². The standard InChI is InChI=1S/C14H18N2O/c1-14(2,3)10-8-16(4)13(17)12-9(10)6-5-7-11(12)15/h5-8H,15H2,1-4H3. The van der Waals surface area contributed by atoms with Gasteiger partial charge in [-0.05, 0) is 22.4 Å². The van der Waals surface area contributed by atoms with Crippen molar-refractivity contribution < 1.29 is 0 Å². The molecule has 2 rings (SSSR count). The maximum atomic E-state index is 12.1. The Balaban J connectivity index is 3.03. The van der Waals surface area contributed by atoms with Gasteiger partial charge in [0.2, 0.25) is 0 Å². The molecular weight excluding hydrogens is 212 g/mol. The van der Waals surface area contributed by atoms with Crippen molar-refractivity contribution >= 4 is 16.5 Å². The number of nitrogens with zero attached hydrogens (tertiary/aromatic N) is 1. The van der Waals surface area contributed by atoms with E-state index in [0.29, 0.717) is 11.1 Å². The number of nitrogen functional groups attached to an aromatic ring is 1. The minimum absolute atomic E-state index is 0.0164. The number of hydrogen-bond donors (Lipinski definition) is 1. The molecule has 90 valence electrons. The van der Waals surface area contributed by atoms with Gasteiger partial charge in [-0.15, -0.1) is 0 Å². The van der Waals surface area contributed by atoms with Crippen molar-refractivity contribution in [3.05, 3.63) is 40.3 Å². The molecule has 1 aromatic carbocycles. The second-order valence-corrected chi connectivity index (χ2v) is 5.48. The van der Waals surface area contributed by atoms with Crippen molar-refractivity contribution in [2.75, 3.05) is 5.73 Å². The lowest BCUT2D eigenvalue weighted by molar-refractivity contribution is 0.587. The molecule has 2 aromatic rings. The van der Waals surface area contributed by atoms with E-state index in [0.717, 1.165) is 10.9 Å². The molecule has 1 aromatic heterocycles. The number of pyridine rings is 1. The van der Waals surface area contributed by atoms with Crippen LogP contribution in [0.1, 0.15) is 26.3 Å². The topological polar surface area (TPSA) is 48.0 Å². The van der Waals surface area contributed by atoms with E-state index in [1.54, 1.807) is 17.7 Å². The first kappa shape index (κ1) is 11.7. The zero-order valence-corrected chi connectivity index (χ0v) is 10.7. The summed E-state index contributed by atoms with van der Waals surface area (Å²) in [6, 6.07) is 5.64. The van der Waals surface area contributed by atoms with E-state index in [1.807, 2.05) is 18.3 Å². The summed E-state index contributed by atoms with van der Waals surface area (Å²) in [5.41, 5.74) is 7.56. The fourth-order valence-electron chi connectivity index (χ4n) is 2.13. The smallest absolute Gasteiger partial charge is 0.260 e. The Labute approximate surface area is 101 Å². The van der Waals surface area contributed by atoms with Crippen LogP contribution in [0.4, 0.5) is 5.69 Å². The van der Waals surface area contributed by atoms with Crippen molar-refractivity contribution in [2.24, 2.45) is 7.05 Å². The fourth-order valence-corrected chi connectivity index (χ4v) is 2.13. The van der Waals surface area contributed by atoms with Gasteiger partial charge in [0.1, 0.15) is 0 Å². The average Bonchev–Trinajstić information content (AvgIpc) is 2.21. The molecule has 0 atom stereocenters. The number of aryl methyl sites for hydroxylation is 1. The van der Waals surface area contributed by atoms with Gasteiger partial charge in [-0.1, -0.05) is 32.9 Å². The molecule has 0 aliphatic carbocycles. The Bertz CT molecular complexity index is 633. The normalized spacial score (nSPS) is 12.0. The van der Waals surface area contributed by atoms with E-state index in [-0.39, 0.29) is 11.0 Å². The van der Waals surface area contributed by atoms with Gasteiger partial charge in [-0.25, -0.2) is 0 Å².